The fourth-order valence-corrected chi connectivity index (χ4v) is 3.22. The van der Waals surface area contributed by atoms with Gasteiger partial charge in [-0.2, -0.15) is 0 Å². The summed E-state index contributed by atoms with van der Waals surface area (Å²) in [6.45, 7) is 6.23. The van der Waals surface area contributed by atoms with Gasteiger partial charge in [-0.15, -0.1) is 0 Å². The molecule has 4 aromatic carbocycles. The molecular weight excluding hydrogens is 396 g/mol. The third kappa shape index (κ3) is 6.28. The molecule has 0 aromatic heterocycles. The van der Waals surface area contributed by atoms with Gasteiger partial charge in [-0.3, -0.25) is 0 Å². The number of benzene rings is 4. The molecule has 4 aromatic rings. The van der Waals surface area contributed by atoms with Crippen LogP contribution in [0.1, 0.15) is 50.1 Å². The van der Waals surface area contributed by atoms with Crippen LogP contribution in [0.25, 0.3) is 0 Å². The summed E-state index contributed by atoms with van der Waals surface area (Å²) in [7, 11) is 0. The van der Waals surface area contributed by atoms with Crippen molar-refractivity contribution in [3.8, 4) is 35.5 Å². The third-order valence-corrected chi connectivity index (χ3v) is 5.26. The molecule has 0 saturated heterocycles. The molecule has 0 aliphatic carbocycles. The van der Waals surface area contributed by atoms with E-state index in [9.17, 15) is 0 Å². The second-order valence-electron chi connectivity index (χ2n) is 8.09. The second-order valence-corrected chi connectivity index (χ2v) is 8.09. The lowest BCUT2D eigenvalue weighted by Gasteiger charge is -1.99. The topological polar surface area (TPSA) is 0 Å². The van der Waals surface area contributed by atoms with Crippen LogP contribution in [-0.2, 0) is 0 Å². The van der Waals surface area contributed by atoms with E-state index in [1.54, 1.807) is 0 Å². The Morgan fingerprint density at radius 2 is 0.697 bits per heavy atom. The van der Waals surface area contributed by atoms with E-state index in [0.717, 1.165) is 38.9 Å². The molecule has 0 amide bonds. The minimum atomic E-state index is 0.969. The molecule has 0 unspecified atom stereocenters. The monoisotopic (exact) mass is 420 g/mol. The normalized spacial score (nSPS) is 9.55. The largest absolute Gasteiger partial charge is 0.0617 e. The van der Waals surface area contributed by atoms with E-state index >= 15 is 0 Å². The summed E-state index contributed by atoms with van der Waals surface area (Å²) >= 11 is 0. The minimum absolute atomic E-state index is 0.969. The van der Waals surface area contributed by atoms with E-state index < -0.39 is 0 Å². The van der Waals surface area contributed by atoms with Crippen LogP contribution in [0.2, 0.25) is 0 Å². The quantitative estimate of drug-likeness (QED) is 0.274. The first-order chi connectivity index (χ1) is 16.0. The Kier molecular flexibility index (Phi) is 6.76. The van der Waals surface area contributed by atoms with Crippen LogP contribution >= 0.6 is 0 Å². The summed E-state index contributed by atoms with van der Waals surface area (Å²) < 4.78 is 0. The van der Waals surface area contributed by atoms with Crippen LogP contribution < -0.4 is 0 Å². The molecule has 0 aliphatic heterocycles. The van der Waals surface area contributed by atoms with Crippen LogP contribution in [-0.4, -0.2) is 0 Å². The zero-order valence-electron chi connectivity index (χ0n) is 19.2. The molecule has 0 fully saturated rings. The average Bonchev–Trinajstić information content (AvgIpc) is 2.83. The van der Waals surface area contributed by atoms with Crippen molar-refractivity contribution in [2.45, 2.75) is 20.8 Å². The smallest absolute Gasteiger partial charge is 0.0279 e. The van der Waals surface area contributed by atoms with Crippen molar-refractivity contribution in [1.82, 2.24) is 0 Å². The van der Waals surface area contributed by atoms with Crippen molar-refractivity contribution in [2.24, 2.45) is 0 Å². The Bertz CT molecular complexity index is 1450. The maximum atomic E-state index is 3.27. The number of hydrogen-bond donors (Lipinski definition) is 0. The highest BCUT2D eigenvalue weighted by molar-refractivity contribution is 5.52. The molecular formula is C33H24. The number of hydrogen-bond acceptors (Lipinski definition) is 0. The van der Waals surface area contributed by atoms with Crippen molar-refractivity contribution >= 4 is 0 Å². The summed E-state index contributed by atoms with van der Waals surface area (Å²) in [5.41, 5.74) is 9.61. The Morgan fingerprint density at radius 1 is 0.364 bits per heavy atom. The van der Waals surface area contributed by atoms with Crippen LogP contribution in [0.4, 0.5) is 0 Å². The summed E-state index contributed by atoms with van der Waals surface area (Å²) in [5, 5.41) is 0. The number of aryl methyl sites for hydroxylation is 3. The number of rotatable bonds is 0. The van der Waals surface area contributed by atoms with Gasteiger partial charge in [0.25, 0.3) is 0 Å². The molecule has 0 bridgehead atoms. The molecule has 33 heavy (non-hydrogen) atoms. The minimum Gasteiger partial charge on any atom is -0.0617 e. The molecule has 0 radical (unpaired) electrons. The van der Waals surface area contributed by atoms with Gasteiger partial charge in [0.15, 0.2) is 0 Å². The van der Waals surface area contributed by atoms with Gasteiger partial charge in [0.1, 0.15) is 0 Å². The molecule has 4 rings (SSSR count). The second kappa shape index (κ2) is 10.2. The van der Waals surface area contributed by atoms with E-state index in [4.69, 9.17) is 0 Å². The molecule has 0 aliphatic rings. The van der Waals surface area contributed by atoms with Crippen molar-refractivity contribution in [3.05, 3.63) is 141 Å². The molecule has 0 heteroatoms. The van der Waals surface area contributed by atoms with Crippen molar-refractivity contribution in [2.75, 3.05) is 0 Å². The average molecular weight is 421 g/mol. The first-order valence-electron chi connectivity index (χ1n) is 11.0. The van der Waals surface area contributed by atoms with E-state index in [1.807, 2.05) is 48.5 Å². The highest BCUT2D eigenvalue weighted by Crippen LogP contribution is 2.11. The van der Waals surface area contributed by atoms with Gasteiger partial charge in [-0.25, -0.2) is 0 Å². The molecule has 0 nitrogen and oxygen atoms in total. The SMILES string of the molecule is Cc1ccc(C#Cc2ccc(C#Cc3ccc(C#Cc4ccc(C)cc4)c(C)c3)cc2)cc1. The molecule has 0 spiro atoms. The van der Waals surface area contributed by atoms with E-state index in [-0.39, 0.29) is 0 Å². The van der Waals surface area contributed by atoms with Gasteiger partial charge >= 0.3 is 0 Å². The molecule has 0 N–H and O–H groups in total. The zero-order chi connectivity index (χ0) is 23.0. The van der Waals surface area contributed by atoms with Crippen molar-refractivity contribution in [3.63, 3.8) is 0 Å². The van der Waals surface area contributed by atoms with Crippen molar-refractivity contribution < 1.29 is 0 Å². The zero-order valence-corrected chi connectivity index (χ0v) is 19.2. The summed E-state index contributed by atoms with van der Waals surface area (Å²) in [4.78, 5) is 0. The predicted octanol–water partition coefficient (Wildman–Crippen LogP) is 6.81. The molecule has 0 atom stereocenters. The van der Waals surface area contributed by atoms with Crippen molar-refractivity contribution in [1.29, 1.82) is 0 Å². The lowest BCUT2D eigenvalue weighted by molar-refractivity contribution is 1.42. The molecule has 0 heterocycles. The first-order valence-corrected chi connectivity index (χ1v) is 11.0. The summed E-state index contributed by atoms with van der Waals surface area (Å²) in [6.07, 6.45) is 0. The van der Waals surface area contributed by atoms with Crippen LogP contribution in [0.15, 0.2) is 91.0 Å². The summed E-state index contributed by atoms with van der Waals surface area (Å²) in [6, 6.07) is 30.7. The van der Waals surface area contributed by atoms with Gasteiger partial charge in [-0.05, 0) is 93.1 Å². The lowest BCUT2D eigenvalue weighted by atomic mass is 10.0. The standard InChI is InChI=1S/C33H24/c1-25-4-8-28(9-5-25)12-13-30-14-16-31(17-15-30)18-19-32-21-23-33(27(3)24-32)22-20-29-10-6-26(2)7-11-29/h4-11,14-17,21,23-24H,1-3H3. The van der Waals surface area contributed by atoms with Gasteiger partial charge in [0.2, 0.25) is 0 Å². The van der Waals surface area contributed by atoms with Gasteiger partial charge in [0, 0.05) is 33.4 Å². The maximum absolute atomic E-state index is 3.27. The molecule has 0 saturated carbocycles. The highest BCUT2D eigenvalue weighted by Gasteiger charge is 1.97. The van der Waals surface area contributed by atoms with E-state index in [0.29, 0.717) is 0 Å². The Hall–Kier alpha value is -4.44. The van der Waals surface area contributed by atoms with E-state index in [1.165, 1.54) is 11.1 Å². The van der Waals surface area contributed by atoms with E-state index in [2.05, 4.69) is 98.8 Å². The highest BCUT2D eigenvalue weighted by atomic mass is 14.0. The third-order valence-electron chi connectivity index (χ3n) is 5.26. The Balaban J connectivity index is 1.44. The lowest BCUT2D eigenvalue weighted by Crippen LogP contribution is -1.85. The maximum Gasteiger partial charge on any atom is 0.0279 e. The van der Waals surface area contributed by atoms with Gasteiger partial charge in [0.05, 0.1) is 0 Å². The van der Waals surface area contributed by atoms with Gasteiger partial charge < -0.3 is 0 Å². The Labute approximate surface area is 197 Å². The predicted molar refractivity (Wildman–Crippen MR) is 138 cm³/mol. The first kappa shape index (κ1) is 21.8. The van der Waals surface area contributed by atoms with Crippen LogP contribution in [0.5, 0.6) is 0 Å². The van der Waals surface area contributed by atoms with Crippen LogP contribution in [0.3, 0.4) is 0 Å². The molecule has 156 valence electrons. The fraction of sp³-hybridized carbons (Fsp3) is 0.0909. The Morgan fingerprint density at radius 3 is 1.12 bits per heavy atom. The van der Waals surface area contributed by atoms with Gasteiger partial charge in [-0.1, -0.05) is 70.9 Å². The fourth-order valence-electron chi connectivity index (χ4n) is 3.22. The summed E-state index contributed by atoms with van der Waals surface area (Å²) in [5.74, 6) is 19.4. The van der Waals surface area contributed by atoms with Crippen LogP contribution in [0, 0.1) is 56.3 Å².